The molecule has 4 aromatic carbocycles. The van der Waals surface area contributed by atoms with Gasteiger partial charge in [0.25, 0.3) is 11.1 Å². The number of halogens is 1. The lowest BCUT2D eigenvalue weighted by molar-refractivity contribution is -0.146. The number of hydrogen-bond donors (Lipinski definition) is 3. The molecule has 8 rings (SSSR count). The Hall–Kier alpha value is -8.79. The van der Waals surface area contributed by atoms with Crippen molar-refractivity contribution < 1.29 is 33.8 Å². The molecule has 8 aromatic rings. The van der Waals surface area contributed by atoms with E-state index in [0.29, 0.717) is 18.4 Å². The molecule has 4 N–H and O–H groups in total. The SMILES string of the molecule is C.CC(C)C[C@@H](C(=O)O)n1ccccc1=O.Cc1cccc(C)c1-c1cncc([C@@H](N)CC(=O)OCc2ccccc2)c1.Cc1cccc(C)c1-c1cncc([C@H](CC(=O)OCc2ccccc2)NC(=O)C(CC(C)C)n2ccccc2=O)c1.Cl. The first-order valence-electron chi connectivity index (χ1n) is 27.8. The maximum Gasteiger partial charge on any atom is 0.326 e. The number of carbonyl (C=O) groups excluding carboxylic acids is 3. The smallest absolute Gasteiger partial charge is 0.326 e. The monoisotopic (exact) mass is 1170 g/mol. The molecule has 1 unspecified atom stereocenters. The minimum absolute atomic E-state index is 0. The van der Waals surface area contributed by atoms with Crippen molar-refractivity contribution in [2.75, 3.05) is 0 Å². The minimum Gasteiger partial charge on any atom is -0.480 e. The van der Waals surface area contributed by atoms with Gasteiger partial charge in [-0.3, -0.25) is 33.9 Å². The highest BCUT2D eigenvalue weighted by atomic mass is 35.5. The molecule has 0 aliphatic heterocycles. The van der Waals surface area contributed by atoms with E-state index in [1.807, 2.05) is 145 Å². The number of esters is 2. The summed E-state index contributed by atoms with van der Waals surface area (Å²) in [5, 5.41) is 12.1. The molecule has 0 saturated heterocycles. The number of benzene rings is 4. The van der Waals surface area contributed by atoms with E-state index < -0.39 is 36.1 Å². The van der Waals surface area contributed by atoms with Crippen LogP contribution in [0.4, 0.5) is 0 Å². The van der Waals surface area contributed by atoms with Crippen LogP contribution in [-0.4, -0.2) is 48.0 Å². The molecule has 0 spiro atoms. The van der Waals surface area contributed by atoms with Crippen LogP contribution in [0.25, 0.3) is 22.3 Å². The van der Waals surface area contributed by atoms with Gasteiger partial charge in [0, 0.05) is 66.5 Å². The molecule has 0 radical (unpaired) electrons. The van der Waals surface area contributed by atoms with E-state index >= 15 is 0 Å². The first-order valence-corrected chi connectivity index (χ1v) is 27.8. The zero-order chi connectivity index (χ0) is 60.0. The predicted molar refractivity (Wildman–Crippen MR) is 338 cm³/mol. The summed E-state index contributed by atoms with van der Waals surface area (Å²) in [5.74, 6) is -1.68. The molecule has 1 amide bonds. The van der Waals surface area contributed by atoms with Crippen LogP contribution in [0.3, 0.4) is 0 Å². The maximum absolute atomic E-state index is 13.8. The number of amides is 1. The van der Waals surface area contributed by atoms with Crippen LogP contribution in [-0.2, 0) is 41.9 Å². The van der Waals surface area contributed by atoms with Gasteiger partial charge in [-0.05, 0) is 132 Å². The van der Waals surface area contributed by atoms with Gasteiger partial charge in [-0.1, -0.05) is 144 Å². The van der Waals surface area contributed by atoms with Crippen LogP contribution in [0, 0.1) is 39.5 Å². The Balaban J connectivity index is 0.000000302. The van der Waals surface area contributed by atoms with Gasteiger partial charge in [0.05, 0.1) is 18.9 Å². The molecule has 0 bridgehead atoms. The fourth-order valence-electron chi connectivity index (χ4n) is 9.67. The summed E-state index contributed by atoms with van der Waals surface area (Å²) >= 11 is 0. The summed E-state index contributed by atoms with van der Waals surface area (Å²) in [5.41, 5.74) is 17.8. The van der Waals surface area contributed by atoms with Crippen LogP contribution in [0.2, 0.25) is 0 Å². The Morgan fingerprint density at radius 2 is 0.941 bits per heavy atom. The number of carboxylic acids is 1. The molecule has 0 aliphatic rings. The van der Waals surface area contributed by atoms with Gasteiger partial charge in [0.1, 0.15) is 25.3 Å². The number of aliphatic carboxylic acids is 1. The number of aryl methyl sites for hydroxylation is 4. The van der Waals surface area contributed by atoms with Gasteiger partial charge < -0.3 is 34.8 Å². The number of nitrogens with one attached hydrogen (secondary N) is 1. The quantitative estimate of drug-likeness (QED) is 0.0573. The van der Waals surface area contributed by atoms with Crippen LogP contribution < -0.4 is 22.2 Å². The lowest BCUT2D eigenvalue weighted by atomic mass is 9.94. The van der Waals surface area contributed by atoms with Crippen LogP contribution >= 0.6 is 12.4 Å². The molecular weight excluding hydrogens is 1090 g/mol. The van der Waals surface area contributed by atoms with E-state index in [1.54, 1.807) is 49.1 Å². The Bertz CT molecular complexity index is 3510. The summed E-state index contributed by atoms with van der Waals surface area (Å²) in [7, 11) is 0. The van der Waals surface area contributed by atoms with E-state index in [1.165, 1.54) is 38.6 Å². The summed E-state index contributed by atoms with van der Waals surface area (Å²) < 4.78 is 13.6. The standard InChI is InChI=1S/C34H37N3O4.C23H24N2O2.C11H15NO3.CH4.ClH/c1-23(2)17-30(37-16-9-8-15-31(37)38)34(40)36-29(19-32(39)41-22-26-13-6-5-7-14-26)27-18-28(21-35-20-27)33-24(3)11-10-12-25(33)4;1-16-7-6-8-17(2)23(16)20-11-19(13-25-14-20)21(24)12-22(26)27-15-18-9-4-3-5-10-18;1-8(2)7-9(11(14)15)12-6-4-3-5-10(12)13;;/h5-16,18,20-21,23,29-30H,17,19,22H2,1-4H3,(H,36,40);3-11,13-14,21H,12,15,24H2,1-2H3;3-6,8-9H,7H2,1-2H3,(H,14,15);1H4;1H/t29-,30?;21-;9-;;/m000../s1. The Kier molecular flexibility index (Phi) is 27.6. The normalized spacial score (nSPS) is 12.0. The highest BCUT2D eigenvalue weighted by Crippen LogP contribution is 2.31. The third-order valence-corrected chi connectivity index (χ3v) is 13.8. The van der Waals surface area contributed by atoms with Crippen LogP contribution in [0.15, 0.2) is 192 Å². The summed E-state index contributed by atoms with van der Waals surface area (Å²) in [6.07, 6.45) is 11.1. The van der Waals surface area contributed by atoms with Gasteiger partial charge in [0.2, 0.25) is 5.91 Å². The van der Waals surface area contributed by atoms with Gasteiger partial charge in [-0.2, -0.15) is 0 Å². The lowest BCUT2D eigenvalue weighted by Crippen LogP contribution is -2.40. The van der Waals surface area contributed by atoms with Crippen molar-refractivity contribution in [3.63, 3.8) is 0 Å². The number of aromatic nitrogens is 4. The molecule has 0 aliphatic carbocycles. The molecular formula is C69H81ClN6O9. The third kappa shape index (κ3) is 20.8. The van der Waals surface area contributed by atoms with Crippen molar-refractivity contribution in [3.8, 4) is 22.3 Å². The predicted octanol–water partition coefficient (Wildman–Crippen LogP) is 13.2. The number of ether oxygens (including phenoxy) is 2. The van der Waals surface area contributed by atoms with Gasteiger partial charge >= 0.3 is 17.9 Å². The van der Waals surface area contributed by atoms with E-state index in [9.17, 15) is 28.8 Å². The van der Waals surface area contributed by atoms with Crippen molar-refractivity contribution in [3.05, 3.63) is 248 Å². The topological polar surface area (TPSA) is 215 Å². The number of carboxylic acid groups (broad SMARTS) is 1. The van der Waals surface area contributed by atoms with Crippen molar-refractivity contribution in [1.82, 2.24) is 24.4 Å². The highest BCUT2D eigenvalue weighted by Gasteiger charge is 2.28. The first kappa shape index (κ1) is 68.7. The van der Waals surface area contributed by atoms with Gasteiger partial charge in [-0.25, -0.2) is 4.79 Å². The van der Waals surface area contributed by atoms with Crippen molar-refractivity contribution in [2.45, 2.75) is 126 Å². The molecule has 0 fully saturated rings. The summed E-state index contributed by atoms with van der Waals surface area (Å²) in [4.78, 5) is 83.0. The van der Waals surface area contributed by atoms with Crippen LogP contribution in [0.5, 0.6) is 0 Å². The number of pyridine rings is 4. The number of rotatable bonds is 21. The molecule has 4 heterocycles. The summed E-state index contributed by atoms with van der Waals surface area (Å²) in [6.45, 7) is 16.5. The number of carbonyl (C=O) groups is 4. The first-order chi connectivity index (χ1) is 39.8. The van der Waals surface area contributed by atoms with E-state index in [2.05, 4.69) is 41.3 Å². The minimum atomic E-state index is -0.961. The summed E-state index contributed by atoms with van der Waals surface area (Å²) in [6, 6.07) is 42.1. The fourth-order valence-corrected chi connectivity index (χ4v) is 9.67. The highest BCUT2D eigenvalue weighted by molar-refractivity contribution is 5.85. The molecule has 15 nitrogen and oxygen atoms in total. The Morgan fingerprint density at radius 3 is 1.38 bits per heavy atom. The van der Waals surface area contributed by atoms with Crippen molar-refractivity contribution in [2.24, 2.45) is 17.6 Å². The van der Waals surface area contributed by atoms with Crippen molar-refractivity contribution >= 4 is 36.2 Å². The third-order valence-electron chi connectivity index (χ3n) is 13.8. The second-order valence-corrected chi connectivity index (χ2v) is 21.4. The maximum atomic E-state index is 13.8. The zero-order valence-electron chi connectivity index (χ0n) is 49.0. The van der Waals surface area contributed by atoms with Crippen LogP contribution in [0.1, 0.15) is 129 Å². The molecule has 4 aromatic heterocycles. The molecule has 4 atom stereocenters. The number of nitrogens with zero attached hydrogens (tertiary/aromatic N) is 4. The second-order valence-electron chi connectivity index (χ2n) is 21.4. The van der Waals surface area contributed by atoms with Gasteiger partial charge in [-0.15, -0.1) is 12.4 Å². The zero-order valence-corrected chi connectivity index (χ0v) is 49.8. The Labute approximate surface area is 505 Å². The number of nitrogens with two attached hydrogens (primary N) is 1. The Morgan fingerprint density at radius 1 is 0.541 bits per heavy atom. The number of hydrogen-bond acceptors (Lipinski definition) is 11. The fraction of sp³-hybridized carbons (Fsp3) is 0.304. The van der Waals surface area contributed by atoms with E-state index in [0.717, 1.165) is 50.1 Å². The van der Waals surface area contributed by atoms with Gasteiger partial charge in [0.15, 0.2) is 0 Å². The second kappa shape index (κ2) is 34.1. The average Bonchev–Trinajstić information content (AvgIpc) is 3.09. The van der Waals surface area contributed by atoms with E-state index in [-0.39, 0.29) is 80.7 Å². The molecule has 0 saturated carbocycles. The largest absolute Gasteiger partial charge is 0.480 e. The molecule has 448 valence electrons. The van der Waals surface area contributed by atoms with E-state index in [4.69, 9.17) is 20.3 Å². The lowest BCUT2D eigenvalue weighted by Gasteiger charge is -2.25. The molecule has 85 heavy (non-hydrogen) atoms. The van der Waals surface area contributed by atoms with Crippen molar-refractivity contribution in [1.29, 1.82) is 0 Å². The average molecular weight is 1170 g/mol. The molecule has 16 heteroatoms.